The van der Waals surface area contributed by atoms with Gasteiger partial charge in [0.2, 0.25) is 20.0 Å². The van der Waals surface area contributed by atoms with Crippen molar-refractivity contribution in [3.8, 4) is 0 Å². The van der Waals surface area contributed by atoms with Gasteiger partial charge in [0.15, 0.2) is 4.90 Å². The van der Waals surface area contributed by atoms with Gasteiger partial charge in [0.1, 0.15) is 0 Å². The molecular formula is C16H19N3O6S2. The first-order chi connectivity index (χ1) is 12.5. The van der Waals surface area contributed by atoms with Crippen LogP contribution in [0.4, 0.5) is 5.69 Å². The zero-order valence-electron chi connectivity index (χ0n) is 14.6. The van der Waals surface area contributed by atoms with Gasteiger partial charge in [0.25, 0.3) is 5.69 Å². The van der Waals surface area contributed by atoms with Crippen molar-refractivity contribution in [2.45, 2.75) is 29.7 Å². The van der Waals surface area contributed by atoms with Gasteiger partial charge in [-0.25, -0.2) is 26.3 Å². The number of hydrogen-bond acceptors (Lipinski definition) is 6. The summed E-state index contributed by atoms with van der Waals surface area (Å²) in [6.07, 6.45) is 0. The van der Waals surface area contributed by atoms with E-state index in [0.29, 0.717) is 0 Å². The molecule has 0 aromatic heterocycles. The second-order valence-corrected chi connectivity index (χ2v) is 9.36. The van der Waals surface area contributed by atoms with E-state index in [9.17, 15) is 26.9 Å². The predicted molar refractivity (Wildman–Crippen MR) is 99.2 cm³/mol. The molecule has 0 aliphatic carbocycles. The van der Waals surface area contributed by atoms with Crippen molar-refractivity contribution in [1.82, 2.24) is 9.44 Å². The lowest BCUT2D eigenvalue weighted by molar-refractivity contribution is -0.387. The van der Waals surface area contributed by atoms with Crippen LogP contribution in [0, 0.1) is 17.0 Å². The van der Waals surface area contributed by atoms with Gasteiger partial charge in [-0.2, -0.15) is 0 Å². The van der Waals surface area contributed by atoms with Crippen LogP contribution in [0.25, 0.3) is 0 Å². The molecule has 0 bridgehead atoms. The molecule has 146 valence electrons. The normalized spacial score (nSPS) is 13.3. The molecule has 0 fully saturated rings. The highest BCUT2D eigenvalue weighted by atomic mass is 32.2. The number of rotatable bonds is 8. The quantitative estimate of drug-likeness (QED) is 0.498. The van der Waals surface area contributed by atoms with E-state index in [4.69, 9.17) is 0 Å². The minimum Gasteiger partial charge on any atom is -0.258 e. The summed E-state index contributed by atoms with van der Waals surface area (Å²) in [6, 6.07) is 10.3. The molecule has 0 saturated carbocycles. The molecule has 0 unspecified atom stereocenters. The number of nitrogens with one attached hydrogen (secondary N) is 2. The summed E-state index contributed by atoms with van der Waals surface area (Å²) < 4.78 is 53.9. The van der Waals surface area contributed by atoms with Crippen molar-refractivity contribution >= 4 is 25.7 Å². The number of sulfonamides is 2. The Hall–Kier alpha value is -2.34. The standard InChI is InChI=1S/C16H19N3O6S2/c1-12-7-9-14(10-8-12)26(22,23)17-11-13(2)18-27(24,25)16-6-4-3-5-15(16)19(20)21/h3-10,13,17-18H,11H2,1-2H3/t13-/m0/s1. The molecule has 1 atom stereocenters. The van der Waals surface area contributed by atoms with Crippen LogP contribution in [0.15, 0.2) is 58.3 Å². The van der Waals surface area contributed by atoms with Gasteiger partial charge in [0, 0.05) is 18.7 Å². The molecular weight excluding hydrogens is 394 g/mol. The molecule has 2 N–H and O–H groups in total. The van der Waals surface area contributed by atoms with Crippen molar-refractivity contribution in [1.29, 1.82) is 0 Å². The second kappa shape index (κ2) is 8.13. The first kappa shape index (κ1) is 21.0. The molecule has 0 aliphatic rings. The fraction of sp³-hybridized carbons (Fsp3) is 0.250. The third-order valence-electron chi connectivity index (χ3n) is 3.62. The summed E-state index contributed by atoms with van der Waals surface area (Å²) in [5, 5.41) is 11.0. The number of benzene rings is 2. The van der Waals surface area contributed by atoms with Gasteiger partial charge in [0.05, 0.1) is 9.82 Å². The van der Waals surface area contributed by atoms with Crippen LogP contribution in [-0.2, 0) is 20.0 Å². The van der Waals surface area contributed by atoms with Crippen LogP contribution in [0.2, 0.25) is 0 Å². The Morgan fingerprint density at radius 2 is 1.59 bits per heavy atom. The van der Waals surface area contributed by atoms with Gasteiger partial charge in [-0.1, -0.05) is 29.8 Å². The number of aryl methyl sites for hydroxylation is 1. The minimum absolute atomic E-state index is 0.0573. The van der Waals surface area contributed by atoms with Gasteiger partial charge < -0.3 is 0 Å². The molecule has 0 saturated heterocycles. The van der Waals surface area contributed by atoms with Gasteiger partial charge in [-0.15, -0.1) is 0 Å². The first-order valence-corrected chi connectivity index (χ1v) is 10.8. The summed E-state index contributed by atoms with van der Waals surface area (Å²) in [6.45, 7) is 3.05. The first-order valence-electron chi connectivity index (χ1n) is 7.85. The van der Waals surface area contributed by atoms with Crippen LogP contribution < -0.4 is 9.44 Å². The lowest BCUT2D eigenvalue weighted by atomic mass is 10.2. The second-order valence-electron chi connectivity index (χ2n) is 5.91. The van der Waals surface area contributed by atoms with Gasteiger partial charge in [-0.3, -0.25) is 10.1 Å². The summed E-state index contributed by atoms with van der Waals surface area (Å²) in [5.41, 5.74) is 0.344. The molecule has 2 aromatic rings. The molecule has 0 spiro atoms. The van der Waals surface area contributed by atoms with E-state index >= 15 is 0 Å². The fourth-order valence-electron chi connectivity index (χ4n) is 2.24. The highest BCUT2D eigenvalue weighted by Gasteiger charge is 2.27. The van der Waals surface area contributed by atoms with Crippen LogP contribution in [0.5, 0.6) is 0 Å². The topological polar surface area (TPSA) is 135 Å². The van der Waals surface area contributed by atoms with E-state index in [-0.39, 0.29) is 11.4 Å². The zero-order chi connectivity index (χ0) is 20.2. The number of para-hydroxylation sites is 1. The molecule has 2 rings (SSSR count). The maximum absolute atomic E-state index is 12.4. The maximum atomic E-state index is 12.4. The summed E-state index contributed by atoms with van der Waals surface area (Å²) in [5.74, 6) is 0. The Morgan fingerprint density at radius 1 is 1.00 bits per heavy atom. The number of nitrogens with zero attached hydrogens (tertiary/aromatic N) is 1. The van der Waals surface area contributed by atoms with Gasteiger partial charge in [-0.05, 0) is 32.0 Å². The van der Waals surface area contributed by atoms with E-state index in [1.54, 1.807) is 12.1 Å². The Morgan fingerprint density at radius 3 is 2.19 bits per heavy atom. The zero-order valence-corrected chi connectivity index (χ0v) is 16.2. The average Bonchev–Trinajstić information content (AvgIpc) is 2.60. The van der Waals surface area contributed by atoms with Crippen LogP contribution in [0.3, 0.4) is 0 Å². The van der Waals surface area contributed by atoms with Crippen molar-refractivity contribution in [3.05, 3.63) is 64.2 Å². The number of nitro groups is 1. The number of hydrogen-bond donors (Lipinski definition) is 2. The largest absolute Gasteiger partial charge is 0.289 e. The lowest BCUT2D eigenvalue weighted by Crippen LogP contribution is -2.41. The minimum atomic E-state index is -4.20. The van der Waals surface area contributed by atoms with E-state index in [1.807, 2.05) is 6.92 Å². The van der Waals surface area contributed by atoms with Crippen molar-refractivity contribution < 1.29 is 21.8 Å². The Bertz CT molecular complexity index is 1030. The lowest BCUT2D eigenvalue weighted by Gasteiger charge is -2.15. The average molecular weight is 413 g/mol. The smallest absolute Gasteiger partial charge is 0.258 e. The summed E-state index contributed by atoms with van der Waals surface area (Å²) in [7, 11) is -8.01. The molecule has 0 radical (unpaired) electrons. The van der Waals surface area contributed by atoms with Crippen molar-refractivity contribution in [2.75, 3.05) is 6.54 Å². The molecule has 27 heavy (non-hydrogen) atoms. The Balaban J connectivity index is 2.10. The fourth-order valence-corrected chi connectivity index (χ4v) is 4.79. The molecule has 9 nitrogen and oxygen atoms in total. The molecule has 0 amide bonds. The van der Waals surface area contributed by atoms with Crippen LogP contribution >= 0.6 is 0 Å². The Kier molecular flexibility index (Phi) is 6.31. The SMILES string of the molecule is Cc1ccc(S(=O)(=O)NC[C@H](C)NS(=O)(=O)c2ccccc2[N+](=O)[O-])cc1. The maximum Gasteiger partial charge on any atom is 0.289 e. The number of nitro benzene ring substituents is 1. The molecule has 2 aromatic carbocycles. The van der Waals surface area contributed by atoms with Crippen LogP contribution in [-0.4, -0.2) is 34.3 Å². The third-order valence-corrected chi connectivity index (χ3v) is 6.70. The highest BCUT2D eigenvalue weighted by molar-refractivity contribution is 7.90. The highest BCUT2D eigenvalue weighted by Crippen LogP contribution is 2.22. The summed E-state index contributed by atoms with van der Waals surface area (Å²) in [4.78, 5) is 9.80. The van der Waals surface area contributed by atoms with Crippen molar-refractivity contribution in [3.63, 3.8) is 0 Å². The van der Waals surface area contributed by atoms with E-state index in [0.717, 1.165) is 17.7 Å². The van der Waals surface area contributed by atoms with E-state index < -0.39 is 41.6 Å². The molecule has 0 heterocycles. The van der Waals surface area contributed by atoms with Crippen LogP contribution in [0.1, 0.15) is 12.5 Å². The van der Waals surface area contributed by atoms with Gasteiger partial charge >= 0.3 is 0 Å². The summed E-state index contributed by atoms with van der Waals surface area (Å²) >= 11 is 0. The third kappa shape index (κ3) is 5.32. The molecule has 0 aliphatic heterocycles. The van der Waals surface area contributed by atoms with E-state index in [1.165, 1.54) is 31.2 Å². The Labute approximate surface area is 157 Å². The molecule has 11 heteroatoms. The van der Waals surface area contributed by atoms with E-state index in [2.05, 4.69) is 9.44 Å². The monoisotopic (exact) mass is 413 g/mol. The van der Waals surface area contributed by atoms with Crippen molar-refractivity contribution in [2.24, 2.45) is 0 Å². The predicted octanol–water partition coefficient (Wildman–Crippen LogP) is 1.55.